The molecule has 16 heteroatoms. The summed E-state index contributed by atoms with van der Waals surface area (Å²) in [6.07, 6.45) is -17.7. The molecule has 2 fully saturated rings. The summed E-state index contributed by atoms with van der Waals surface area (Å²) in [5.41, 5.74) is -1.07. The van der Waals surface area contributed by atoms with Gasteiger partial charge in [-0.25, -0.2) is 0 Å². The molecular formula is C27H30O16. The second kappa shape index (κ2) is 12.2. The van der Waals surface area contributed by atoms with E-state index in [1.54, 1.807) is 0 Å². The molecule has 0 unspecified atom stereocenters. The van der Waals surface area contributed by atoms with Gasteiger partial charge in [0, 0.05) is 17.7 Å². The zero-order chi connectivity index (χ0) is 31.2. The normalized spacial score (nSPS) is 33.0. The molecule has 16 nitrogen and oxygen atoms in total. The summed E-state index contributed by atoms with van der Waals surface area (Å²) >= 11 is 0. The predicted molar refractivity (Wildman–Crippen MR) is 140 cm³/mol. The molecule has 0 spiro atoms. The van der Waals surface area contributed by atoms with Crippen LogP contribution in [0.15, 0.2) is 45.6 Å². The quantitative estimate of drug-likeness (QED) is 0.133. The molecule has 0 radical (unpaired) electrons. The van der Waals surface area contributed by atoms with Crippen LogP contribution < -0.4 is 10.2 Å². The van der Waals surface area contributed by atoms with Crippen molar-refractivity contribution in [1.82, 2.24) is 0 Å². The number of hydrogen-bond acceptors (Lipinski definition) is 16. The molecule has 234 valence electrons. The van der Waals surface area contributed by atoms with Gasteiger partial charge in [0.25, 0.3) is 0 Å². The van der Waals surface area contributed by atoms with Crippen LogP contribution in [0.1, 0.15) is 0 Å². The van der Waals surface area contributed by atoms with Crippen molar-refractivity contribution < 1.29 is 74.4 Å². The Hall–Kier alpha value is -3.55. The number of hydrogen-bond donors (Lipinski definition) is 10. The van der Waals surface area contributed by atoms with Crippen LogP contribution in [0.2, 0.25) is 0 Å². The number of ether oxygens (including phenoxy) is 4. The molecule has 2 aromatic carbocycles. The summed E-state index contributed by atoms with van der Waals surface area (Å²) in [7, 11) is 0. The summed E-state index contributed by atoms with van der Waals surface area (Å²) in [6, 6.07) is 7.20. The lowest BCUT2D eigenvalue weighted by Gasteiger charge is -2.45. The largest absolute Gasteiger partial charge is 0.508 e. The Morgan fingerprint density at radius 1 is 0.721 bits per heavy atom. The third-order valence-corrected chi connectivity index (χ3v) is 7.25. The van der Waals surface area contributed by atoms with Crippen molar-refractivity contribution in [2.45, 2.75) is 61.4 Å². The van der Waals surface area contributed by atoms with Crippen LogP contribution >= 0.6 is 0 Å². The number of phenols is 3. The first-order valence-electron chi connectivity index (χ1n) is 13.0. The van der Waals surface area contributed by atoms with E-state index in [1.165, 1.54) is 24.3 Å². The number of aromatic hydroxyl groups is 3. The van der Waals surface area contributed by atoms with E-state index >= 15 is 0 Å². The van der Waals surface area contributed by atoms with E-state index < -0.39 is 103 Å². The van der Waals surface area contributed by atoms with Gasteiger partial charge in [0.1, 0.15) is 70.9 Å². The Morgan fingerprint density at radius 2 is 1.33 bits per heavy atom. The summed E-state index contributed by atoms with van der Waals surface area (Å²) in [5.74, 6) is -2.15. The number of fused-ring (bicyclic) bond motifs is 1. The van der Waals surface area contributed by atoms with E-state index in [0.29, 0.717) is 0 Å². The van der Waals surface area contributed by atoms with Crippen LogP contribution in [0.4, 0.5) is 0 Å². The number of benzene rings is 2. The highest BCUT2D eigenvalue weighted by atomic mass is 16.8. The van der Waals surface area contributed by atoms with Crippen LogP contribution in [0.25, 0.3) is 22.3 Å². The lowest BCUT2D eigenvalue weighted by molar-refractivity contribution is -0.358. The Bertz CT molecular complexity index is 1490. The van der Waals surface area contributed by atoms with Crippen LogP contribution in [0.3, 0.4) is 0 Å². The molecular weight excluding hydrogens is 580 g/mol. The molecule has 2 saturated heterocycles. The Morgan fingerprint density at radius 3 is 1.95 bits per heavy atom. The van der Waals surface area contributed by atoms with Gasteiger partial charge >= 0.3 is 0 Å². The highest BCUT2D eigenvalue weighted by Crippen LogP contribution is 2.38. The maximum atomic E-state index is 13.7. The fourth-order valence-corrected chi connectivity index (χ4v) is 4.92. The minimum absolute atomic E-state index is 0.129. The molecule has 1 aromatic heterocycles. The van der Waals surface area contributed by atoms with Gasteiger partial charge in [0.05, 0.1) is 13.2 Å². The molecule has 2 aliphatic heterocycles. The van der Waals surface area contributed by atoms with Crippen molar-refractivity contribution in [1.29, 1.82) is 0 Å². The van der Waals surface area contributed by atoms with Gasteiger partial charge in [0.15, 0.2) is 18.2 Å². The van der Waals surface area contributed by atoms with Crippen LogP contribution in [-0.4, -0.2) is 126 Å². The number of aliphatic hydroxyl groups is 7. The molecule has 3 heterocycles. The van der Waals surface area contributed by atoms with Gasteiger partial charge in [-0.3, -0.25) is 4.79 Å². The first-order chi connectivity index (χ1) is 20.4. The van der Waals surface area contributed by atoms with Gasteiger partial charge in [-0.1, -0.05) is 0 Å². The van der Waals surface area contributed by atoms with Gasteiger partial charge in [-0.05, 0) is 24.3 Å². The summed E-state index contributed by atoms with van der Waals surface area (Å²) in [6.45, 7) is -1.63. The van der Waals surface area contributed by atoms with Gasteiger partial charge in [-0.2, -0.15) is 0 Å². The Labute approximate surface area is 241 Å². The zero-order valence-corrected chi connectivity index (χ0v) is 22.1. The van der Waals surface area contributed by atoms with Crippen LogP contribution in [0.5, 0.6) is 23.0 Å². The van der Waals surface area contributed by atoms with Crippen molar-refractivity contribution >= 4 is 11.0 Å². The van der Waals surface area contributed by atoms with Crippen molar-refractivity contribution in [3.05, 3.63) is 46.6 Å². The van der Waals surface area contributed by atoms with Crippen molar-refractivity contribution in [2.75, 3.05) is 13.2 Å². The molecule has 0 aliphatic carbocycles. The summed E-state index contributed by atoms with van der Waals surface area (Å²) < 4.78 is 28.3. The maximum Gasteiger partial charge on any atom is 0.239 e. The number of aliphatic hydroxyl groups excluding tert-OH is 7. The lowest BCUT2D eigenvalue weighted by atomic mass is 9.97. The van der Waals surface area contributed by atoms with E-state index in [-0.39, 0.29) is 22.7 Å². The van der Waals surface area contributed by atoms with Crippen LogP contribution in [-0.2, 0) is 14.2 Å². The smallest absolute Gasteiger partial charge is 0.239 e. The molecule has 2 aliphatic rings. The maximum absolute atomic E-state index is 13.7. The average Bonchev–Trinajstić information content (AvgIpc) is 2.97. The zero-order valence-electron chi connectivity index (χ0n) is 22.1. The van der Waals surface area contributed by atoms with Gasteiger partial charge in [0.2, 0.25) is 17.5 Å². The molecule has 0 amide bonds. The first kappa shape index (κ1) is 30.9. The molecule has 0 bridgehead atoms. The molecule has 10 N–H and O–H groups in total. The highest BCUT2D eigenvalue weighted by molar-refractivity contribution is 5.88. The second-order valence-electron chi connectivity index (χ2n) is 10.1. The topological polar surface area (TPSA) is 269 Å². The SMILES string of the molecule is O=c1c(O[C@H]2O[C@@H](CO)[C@H](O)[C@@H](O)[C@@H]2O[C@@H]2O[C@H](CO)[C@@H](O)[C@@H](O)[C@@H]2O)c(-c2ccc(O)cc2)oc2cc(O)cc(O)c12. The lowest BCUT2D eigenvalue weighted by Crippen LogP contribution is -2.65. The second-order valence-corrected chi connectivity index (χ2v) is 10.1. The molecule has 43 heavy (non-hydrogen) atoms. The monoisotopic (exact) mass is 610 g/mol. The minimum Gasteiger partial charge on any atom is -0.508 e. The third-order valence-electron chi connectivity index (χ3n) is 7.25. The van der Waals surface area contributed by atoms with E-state index in [0.717, 1.165) is 12.1 Å². The third kappa shape index (κ3) is 5.73. The fraction of sp³-hybridized carbons (Fsp3) is 0.444. The number of phenolic OH excluding ortho intramolecular Hbond substituents is 3. The van der Waals surface area contributed by atoms with E-state index in [1.807, 2.05) is 0 Å². The predicted octanol–water partition coefficient (Wildman–Crippen LogP) is -2.42. The van der Waals surface area contributed by atoms with Gasteiger partial charge in [-0.15, -0.1) is 0 Å². The van der Waals surface area contributed by atoms with Crippen LogP contribution in [0, 0.1) is 0 Å². The van der Waals surface area contributed by atoms with E-state index in [4.69, 9.17) is 23.4 Å². The van der Waals surface area contributed by atoms with E-state index in [9.17, 15) is 55.9 Å². The van der Waals surface area contributed by atoms with E-state index in [2.05, 4.69) is 0 Å². The average molecular weight is 611 g/mol. The molecule has 3 aromatic rings. The summed E-state index contributed by atoms with van der Waals surface area (Å²) in [5, 5.41) is 101. The first-order valence-corrected chi connectivity index (χ1v) is 13.0. The summed E-state index contributed by atoms with van der Waals surface area (Å²) in [4.78, 5) is 13.7. The van der Waals surface area contributed by atoms with Gasteiger partial charge < -0.3 is 74.4 Å². The Kier molecular flexibility index (Phi) is 8.77. The minimum atomic E-state index is -1.93. The molecule has 5 rings (SSSR count). The van der Waals surface area contributed by atoms with Crippen molar-refractivity contribution in [2.24, 2.45) is 0 Å². The number of rotatable bonds is 7. The standard InChI is InChI=1S/C27H30O16/c28-7-14-17(33)20(36)22(38)26(40-14)43-25-21(37)18(34)15(8-29)41-27(25)42-24-19(35)16-12(32)5-11(31)6-13(16)39-23(24)9-1-3-10(30)4-2-9/h1-6,14-15,17-18,20-22,25-34,36-38H,7-8H2/t14-,15+,17-,18+,20-,21-,22+,25+,26+,27-/m1/s1. The fourth-order valence-electron chi connectivity index (χ4n) is 4.92. The van der Waals surface area contributed by atoms with Crippen molar-refractivity contribution in [3.63, 3.8) is 0 Å². The molecule has 0 saturated carbocycles. The molecule has 10 atom stereocenters. The highest BCUT2D eigenvalue weighted by Gasteiger charge is 2.51. The van der Waals surface area contributed by atoms with Crippen molar-refractivity contribution in [3.8, 4) is 34.3 Å². The Balaban J connectivity index is 1.60.